The van der Waals surface area contributed by atoms with E-state index in [0.717, 1.165) is 5.69 Å². The van der Waals surface area contributed by atoms with E-state index in [4.69, 9.17) is 4.74 Å². The van der Waals surface area contributed by atoms with Crippen molar-refractivity contribution in [1.29, 1.82) is 0 Å². The Labute approximate surface area is 125 Å². The van der Waals surface area contributed by atoms with Gasteiger partial charge in [0.05, 0.1) is 12.2 Å². The molecular formula is C15H23N3O3. The summed E-state index contributed by atoms with van der Waals surface area (Å²) in [5.41, 5.74) is 1.28. The van der Waals surface area contributed by atoms with Gasteiger partial charge in [-0.05, 0) is 12.1 Å². The van der Waals surface area contributed by atoms with Crippen molar-refractivity contribution < 1.29 is 14.3 Å². The number of rotatable bonds is 7. The molecule has 0 unspecified atom stereocenters. The lowest BCUT2D eigenvalue weighted by molar-refractivity contribution is -0.129. The number of para-hydroxylation sites is 1. The molecule has 0 fully saturated rings. The third-order valence-corrected chi connectivity index (χ3v) is 3.10. The van der Waals surface area contributed by atoms with Gasteiger partial charge in [0.2, 0.25) is 5.91 Å². The smallest absolute Gasteiger partial charge is 0.256 e. The zero-order valence-corrected chi connectivity index (χ0v) is 13.0. The predicted molar refractivity (Wildman–Crippen MR) is 82.5 cm³/mol. The van der Waals surface area contributed by atoms with Gasteiger partial charge >= 0.3 is 0 Å². The molecule has 0 aliphatic carbocycles. The number of methoxy groups -OCH3 is 1. The van der Waals surface area contributed by atoms with Crippen LogP contribution in [0.3, 0.4) is 0 Å². The second-order valence-electron chi connectivity index (χ2n) is 4.80. The van der Waals surface area contributed by atoms with Crippen LogP contribution in [0.4, 0.5) is 5.69 Å². The highest BCUT2D eigenvalue weighted by Gasteiger charge is 2.21. The predicted octanol–water partition coefficient (Wildman–Crippen LogP) is 0.905. The molecule has 0 radical (unpaired) electrons. The van der Waals surface area contributed by atoms with Crippen LogP contribution in [-0.2, 0) is 9.53 Å². The highest BCUT2D eigenvalue weighted by Crippen LogP contribution is 2.16. The number of carbonyl (C=O) groups is 2. The molecule has 21 heavy (non-hydrogen) atoms. The average Bonchev–Trinajstić information content (AvgIpc) is 2.50. The zero-order valence-electron chi connectivity index (χ0n) is 13.0. The van der Waals surface area contributed by atoms with Crippen molar-refractivity contribution in [3.8, 4) is 0 Å². The number of nitrogens with one attached hydrogen (secondary N) is 1. The Morgan fingerprint density at radius 2 is 1.90 bits per heavy atom. The minimum absolute atomic E-state index is 0.0350. The van der Waals surface area contributed by atoms with Gasteiger partial charge in [-0.25, -0.2) is 0 Å². The fourth-order valence-electron chi connectivity index (χ4n) is 1.82. The van der Waals surface area contributed by atoms with Gasteiger partial charge in [0.15, 0.2) is 0 Å². The fraction of sp³-hybridized carbons (Fsp3) is 0.467. The average molecular weight is 293 g/mol. The van der Waals surface area contributed by atoms with E-state index in [9.17, 15) is 9.59 Å². The maximum absolute atomic E-state index is 12.6. The lowest BCUT2D eigenvalue weighted by atomic mass is 10.1. The number of benzene rings is 1. The second-order valence-corrected chi connectivity index (χ2v) is 4.80. The van der Waals surface area contributed by atoms with Crippen LogP contribution in [0, 0.1) is 0 Å². The normalized spacial score (nSPS) is 10.1. The van der Waals surface area contributed by atoms with Gasteiger partial charge in [-0.2, -0.15) is 0 Å². The molecule has 1 N–H and O–H groups in total. The van der Waals surface area contributed by atoms with Gasteiger partial charge in [0.1, 0.15) is 6.54 Å². The Bertz CT molecular complexity index is 489. The summed E-state index contributed by atoms with van der Waals surface area (Å²) >= 11 is 0. The SMILES string of the molecule is CNc1ccccc1C(=O)N(CCOC)CC(=O)N(C)C. The Balaban J connectivity index is 2.95. The number of hydrogen-bond acceptors (Lipinski definition) is 4. The van der Waals surface area contributed by atoms with Crippen LogP contribution in [0.1, 0.15) is 10.4 Å². The van der Waals surface area contributed by atoms with Gasteiger partial charge in [-0.1, -0.05) is 12.1 Å². The van der Waals surface area contributed by atoms with E-state index >= 15 is 0 Å². The van der Waals surface area contributed by atoms with Crippen molar-refractivity contribution in [1.82, 2.24) is 9.80 Å². The molecule has 0 aliphatic rings. The minimum atomic E-state index is -0.188. The molecule has 6 nitrogen and oxygen atoms in total. The number of nitrogens with zero attached hydrogens (tertiary/aromatic N) is 2. The summed E-state index contributed by atoms with van der Waals surface area (Å²) in [5, 5.41) is 2.99. The molecular weight excluding hydrogens is 270 g/mol. The summed E-state index contributed by atoms with van der Waals surface area (Å²) in [4.78, 5) is 27.5. The number of anilines is 1. The van der Waals surface area contributed by atoms with Crippen molar-refractivity contribution in [3.63, 3.8) is 0 Å². The summed E-state index contributed by atoms with van der Waals surface area (Å²) in [7, 11) is 6.67. The molecule has 6 heteroatoms. The molecule has 116 valence electrons. The van der Waals surface area contributed by atoms with Crippen LogP contribution in [0.5, 0.6) is 0 Å². The van der Waals surface area contributed by atoms with E-state index < -0.39 is 0 Å². The summed E-state index contributed by atoms with van der Waals surface area (Å²) in [5.74, 6) is -0.311. The van der Waals surface area contributed by atoms with E-state index in [1.165, 1.54) is 9.80 Å². The minimum Gasteiger partial charge on any atom is -0.387 e. The first-order chi connectivity index (χ1) is 10.0. The molecule has 2 amide bonds. The molecule has 0 saturated carbocycles. The highest BCUT2D eigenvalue weighted by atomic mass is 16.5. The number of amides is 2. The summed E-state index contributed by atoms with van der Waals surface area (Å²) in [6, 6.07) is 7.23. The van der Waals surface area contributed by atoms with Crippen molar-refractivity contribution in [2.75, 3.05) is 53.3 Å². The molecule has 0 aromatic heterocycles. The third-order valence-electron chi connectivity index (χ3n) is 3.10. The first kappa shape index (κ1) is 17.0. The van der Waals surface area contributed by atoms with Gasteiger partial charge < -0.3 is 19.9 Å². The van der Waals surface area contributed by atoms with Gasteiger partial charge in [0, 0.05) is 40.5 Å². The van der Waals surface area contributed by atoms with Crippen molar-refractivity contribution in [2.24, 2.45) is 0 Å². The first-order valence-electron chi connectivity index (χ1n) is 6.76. The largest absolute Gasteiger partial charge is 0.387 e. The third kappa shape index (κ3) is 4.75. The topological polar surface area (TPSA) is 61.9 Å². The van der Waals surface area contributed by atoms with Crippen LogP contribution in [-0.4, -0.2) is 69.6 Å². The lowest BCUT2D eigenvalue weighted by Crippen LogP contribution is -2.42. The van der Waals surface area contributed by atoms with Crippen LogP contribution in [0.15, 0.2) is 24.3 Å². The number of likely N-dealkylation sites (N-methyl/N-ethyl adjacent to an activating group) is 1. The molecule has 0 aliphatic heterocycles. The van der Waals surface area contributed by atoms with E-state index in [2.05, 4.69) is 5.32 Å². The van der Waals surface area contributed by atoms with Gasteiger partial charge in [-0.3, -0.25) is 9.59 Å². The fourth-order valence-corrected chi connectivity index (χ4v) is 1.82. The van der Waals surface area contributed by atoms with Crippen molar-refractivity contribution >= 4 is 17.5 Å². The number of carbonyl (C=O) groups excluding carboxylic acids is 2. The van der Waals surface area contributed by atoms with Crippen LogP contribution in [0.25, 0.3) is 0 Å². The maximum Gasteiger partial charge on any atom is 0.256 e. The van der Waals surface area contributed by atoms with E-state index in [1.54, 1.807) is 40.4 Å². The van der Waals surface area contributed by atoms with Crippen LogP contribution >= 0.6 is 0 Å². The quantitative estimate of drug-likeness (QED) is 0.811. The summed E-state index contributed by atoms with van der Waals surface area (Å²) in [6.07, 6.45) is 0. The van der Waals surface area contributed by atoms with Crippen molar-refractivity contribution in [3.05, 3.63) is 29.8 Å². The van der Waals surface area contributed by atoms with Gasteiger partial charge in [0.25, 0.3) is 5.91 Å². The molecule has 0 atom stereocenters. The van der Waals surface area contributed by atoms with E-state index in [1.807, 2.05) is 12.1 Å². The molecule has 1 aromatic carbocycles. The van der Waals surface area contributed by atoms with E-state index in [-0.39, 0.29) is 18.4 Å². The molecule has 1 rings (SSSR count). The Hall–Kier alpha value is -2.08. The summed E-state index contributed by atoms with van der Waals surface area (Å²) in [6.45, 7) is 0.786. The van der Waals surface area contributed by atoms with Gasteiger partial charge in [-0.15, -0.1) is 0 Å². The molecule has 1 aromatic rings. The molecule has 0 spiro atoms. The van der Waals surface area contributed by atoms with E-state index in [0.29, 0.717) is 18.7 Å². The maximum atomic E-state index is 12.6. The Kier molecular flexibility index (Phi) is 6.68. The lowest BCUT2D eigenvalue weighted by Gasteiger charge is -2.24. The Morgan fingerprint density at radius 3 is 2.48 bits per heavy atom. The summed E-state index contributed by atoms with van der Waals surface area (Å²) < 4.78 is 5.02. The molecule has 0 heterocycles. The highest BCUT2D eigenvalue weighted by molar-refractivity contribution is 6.01. The number of hydrogen-bond donors (Lipinski definition) is 1. The molecule has 0 bridgehead atoms. The first-order valence-corrected chi connectivity index (χ1v) is 6.76. The second kappa shape index (κ2) is 8.26. The standard InChI is InChI=1S/C15H23N3O3/c1-16-13-8-6-5-7-12(13)15(20)18(9-10-21-4)11-14(19)17(2)3/h5-8,16H,9-11H2,1-4H3. The number of ether oxygens (including phenoxy) is 1. The zero-order chi connectivity index (χ0) is 15.8. The molecule has 0 saturated heterocycles. The Morgan fingerprint density at radius 1 is 1.24 bits per heavy atom. The monoisotopic (exact) mass is 293 g/mol. The van der Waals surface area contributed by atoms with Crippen molar-refractivity contribution in [2.45, 2.75) is 0 Å². The van der Waals surface area contributed by atoms with Crippen LogP contribution < -0.4 is 5.32 Å². The van der Waals surface area contributed by atoms with Crippen LogP contribution in [0.2, 0.25) is 0 Å².